The van der Waals surface area contributed by atoms with Crippen LogP contribution >= 0.6 is 11.6 Å². The van der Waals surface area contributed by atoms with Gasteiger partial charge in [0, 0.05) is 30.9 Å². The van der Waals surface area contributed by atoms with Crippen LogP contribution in [0.3, 0.4) is 0 Å². The van der Waals surface area contributed by atoms with E-state index in [1.807, 2.05) is 72.5 Å². The first-order valence-corrected chi connectivity index (χ1v) is 12.5. The summed E-state index contributed by atoms with van der Waals surface area (Å²) in [6.07, 6.45) is 3.26. The third-order valence-corrected chi connectivity index (χ3v) is 6.87. The number of aromatic nitrogens is 3. The molecule has 2 aromatic carbocycles. The average Bonchev–Trinajstić information content (AvgIpc) is 2.91. The second-order valence-electron chi connectivity index (χ2n) is 9.29. The van der Waals surface area contributed by atoms with E-state index in [-0.39, 0.29) is 17.4 Å². The van der Waals surface area contributed by atoms with Crippen LogP contribution in [0.4, 0.5) is 5.82 Å². The van der Waals surface area contributed by atoms with Crippen molar-refractivity contribution in [2.24, 2.45) is 5.92 Å². The summed E-state index contributed by atoms with van der Waals surface area (Å²) in [6, 6.07) is 19.3. The largest absolute Gasteiger partial charge is 0.352 e. The Morgan fingerprint density at radius 2 is 1.83 bits per heavy atom. The van der Waals surface area contributed by atoms with E-state index in [0.29, 0.717) is 48.2 Å². The number of hydrogen-bond acceptors (Lipinski definition) is 5. The summed E-state index contributed by atoms with van der Waals surface area (Å²) in [6.45, 7) is 4.01. The molecule has 1 atom stereocenters. The molecule has 1 amide bonds. The number of rotatable bonds is 6. The highest BCUT2D eigenvalue weighted by Gasteiger charge is 2.28. The van der Waals surface area contributed by atoms with Crippen LogP contribution in [0.15, 0.2) is 71.7 Å². The minimum absolute atomic E-state index is 0.0166. The summed E-state index contributed by atoms with van der Waals surface area (Å²) in [4.78, 5) is 37.8. The quantitative estimate of drug-likeness (QED) is 0.425. The second-order valence-corrected chi connectivity index (χ2v) is 9.72. The van der Waals surface area contributed by atoms with Gasteiger partial charge in [0.2, 0.25) is 5.91 Å². The Morgan fingerprint density at radius 1 is 1.08 bits per heavy atom. The van der Waals surface area contributed by atoms with E-state index >= 15 is 0 Å². The average molecular weight is 502 g/mol. The fourth-order valence-electron chi connectivity index (χ4n) is 4.61. The molecule has 36 heavy (non-hydrogen) atoms. The van der Waals surface area contributed by atoms with Crippen molar-refractivity contribution in [1.82, 2.24) is 19.9 Å². The maximum atomic E-state index is 13.7. The number of nitrogens with one attached hydrogen (secondary N) is 1. The number of amides is 1. The Morgan fingerprint density at radius 3 is 2.61 bits per heavy atom. The number of fused-ring (bicyclic) bond motifs is 1. The predicted molar refractivity (Wildman–Crippen MR) is 142 cm³/mol. The minimum Gasteiger partial charge on any atom is -0.352 e. The number of anilines is 1. The van der Waals surface area contributed by atoms with Crippen molar-refractivity contribution in [3.8, 4) is 0 Å². The topological polar surface area (TPSA) is 80.1 Å². The van der Waals surface area contributed by atoms with Gasteiger partial charge >= 0.3 is 0 Å². The van der Waals surface area contributed by atoms with Gasteiger partial charge in [-0.25, -0.2) is 9.97 Å². The van der Waals surface area contributed by atoms with Gasteiger partial charge in [0.25, 0.3) is 5.56 Å². The first-order valence-electron chi connectivity index (χ1n) is 12.2. The Bertz CT molecular complexity index is 1430. The first kappa shape index (κ1) is 24.0. The number of aryl methyl sites for hydroxylation is 1. The predicted octanol–water partition coefficient (Wildman–Crippen LogP) is 4.33. The van der Waals surface area contributed by atoms with Crippen LogP contribution in [-0.2, 0) is 17.9 Å². The molecule has 0 spiro atoms. The van der Waals surface area contributed by atoms with Crippen molar-refractivity contribution in [1.29, 1.82) is 0 Å². The fourth-order valence-corrected chi connectivity index (χ4v) is 4.74. The summed E-state index contributed by atoms with van der Waals surface area (Å²) in [7, 11) is 0. The molecule has 0 radical (unpaired) electrons. The Balaban J connectivity index is 1.38. The minimum atomic E-state index is -0.220. The molecule has 0 saturated carbocycles. The van der Waals surface area contributed by atoms with Crippen LogP contribution in [0, 0.1) is 12.8 Å². The molecule has 1 aliphatic heterocycles. The number of nitrogens with zero attached hydrogens (tertiary/aromatic N) is 4. The zero-order valence-electron chi connectivity index (χ0n) is 20.2. The zero-order chi connectivity index (χ0) is 25.1. The zero-order valence-corrected chi connectivity index (χ0v) is 20.9. The SMILES string of the molecule is Cc1ccc(Cn2c(=O)c(N3CCC[C@H](C(=O)NCc4ccc(Cl)cc4)C3)nc3cccnc32)cc1. The molecule has 1 saturated heterocycles. The lowest BCUT2D eigenvalue weighted by Gasteiger charge is -2.32. The van der Waals surface area contributed by atoms with Crippen LogP contribution in [-0.4, -0.2) is 33.5 Å². The molecule has 2 aromatic heterocycles. The molecule has 1 aliphatic rings. The lowest BCUT2D eigenvalue weighted by atomic mass is 9.97. The molecule has 184 valence electrons. The molecule has 8 heteroatoms. The number of carbonyl (C=O) groups is 1. The van der Waals surface area contributed by atoms with E-state index in [1.54, 1.807) is 10.8 Å². The number of halogens is 1. The van der Waals surface area contributed by atoms with Crippen molar-refractivity contribution in [2.45, 2.75) is 32.9 Å². The Kier molecular flexibility index (Phi) is 7.00. The fraction of sp³-hybridized carbons (Fsp3) is 0.286. The third-order valence-electron chi connectivity index (χ3n) is 6.62. The summed E-state index contributed by atoms with van der Waals surface area (Å²) < 4.78 is 1.69. The van der Waals surface area contributed by atoms with Gasteiger partial charge < -0.3 is 10.2 Å². The van der Waals surface area contributed by atoms with Crippen molar-refractivity contribution in [2.75, 3.05) is 18.0 Å². The standard InChI is InChI=1S/C28H28ClN5O2/c1-19-6-8-21(9-7-19)17-34-25-24(5-2-14-30-25)32-26(28(34)36)33-15-3-4-22(18-33)27(35)31-16-20-10-12-23(29)13-11-20/h2,5-14,22H,3-4,15-18H2,1H3,(H,31,35)/t22-/m0/s1. The lowest BCUT2D eigenvalue weighted by molar-refractivity contribution is -0.125. The van der Waals surface area contributed by atoms with Crippen molar-refractivity contribution in [3.05, 3.63) is 98.9 Å². The molecule has 0 aliphatic carbocycles. The molecule has 5 rings (SSSR count). The van der Waals surface area contributed by atoms with Crippen LogP contribution < -0.4 is 15.8 Å². The second kappa shape index (κ2) is 10.5. The van der Waals surface area contributed by atoms with Crippen LogP contribution in [0.5, 0.6) is 0 Å². The van der Waals surface area contributed by atoms with Crippen molar-refractivity contribution in [3.63, 3.8) is 0 Å². The van der Waals surface area contributed by atoms with Gasteiger partial charge in [-0.15, -0.1) is 0 Å². The van der Waals surface area contributed by atoms with Gasteiger partial charge in [0.1, 0.15) is 5.52 Å². The van der Waals surface area contributed by atoms with Gasteiger partial charge in [0.15, 0.2) is 11.5 Å². The van der Waals surface area contributed by atoms with Gasteiger partial charge in [-0.3, -0.25) is 14.2 Å². The summed E-state index contributed by atoms with van der Waals surface area (Å²) in [5.41, 5.74) is 4.20. The molecule has 0 bridgehead atoms. The van der Waals surface area contributed by atoms with Crippen molar-refractivity contribution < 1.29 is 4.79 Å². The normalized spacial score (nSPS) is 15.7. The van der Waals surface area contributed by atoms with E-state index in [0.717, 1.165) is 29.5 Å². The molecular formula is C28H28ClN5O2. The molecule has 4 aromatic rings. The van der Waals surface area contributed by atoms with Crippen LogP contribution in [0.2, 0.25) is 5.02 Å². The first-order chi connectivity index (χ1) is 17.5. The van der Waals surface area contributed by atoms with E-state index in [4.69, 9.17) is 16.6 Å². The maximum Gasteiger partial charge on any atom is 0.295 e. The van der Waals surface area contributed by atoms with Gasteiger partial charge in [0.05, 0.1) is 12.5 Å². The molecular weight excluding hydrogens is 474 g/mol. The highest BCUT2D eigenvalue weighted by Crippen LogP contribution is 2.22. The molecule has 1 fully saturated rings. The molecule has 3 heterocycles. The van der Waals surface area contributed by atoms with E-state index in [1.165, 1.54) is 0 Å². The highest BCUT2D eigenvalue weighted by molar-refractivity contribution is 6.30. The lowest BCUT2D eigenvalue weighted by Crippen LogP contribution is -2.45. The van der Waals surface area contributed by atoms with Crippen molar-refractivity contribution >= 4 is 34.5 Å². The number of hydrogen-bond donors (Lipinski definition) is 1. The smallest absolute Gasteiger partial charge is 0.295 e. The monoisotopic (exact) mass is 501 g/mol. The van der Waals surface area contributed by atoms with Gasteiger partial charge in [-0.1, -0.05) is 53.6 Å². The number of piperidine rings is 1. The van der Waals surface area contributed by atoms with Crippen LogP contribution in [0.1, 0.15) is 29.5 Å². The maximum absolute atomic E-state index is 13.7. The Labute approximate surface area is 214 Å². The Hall–Kier alpha value is -3.71. The van der Waals surface area contributed by atoms with Crippen LogP contribution in [0.25, 0.3) is 11.2 Å². The molecule has 7 nitrogen and oxygen atoms in total. The molecule has 0 unspecified atom stereocenters. The van der Waals surface area contributed by atoms with Gasteiger partial charge in [-0.05, 0) is 55.2 Å². The summed E-state index contributed by atoms with van der Waals surface area (Å²) in [5.74, 6) is 0.136. The van der Waals surface area contributed by atoms with E-state index in [9.17, 15) is 9.59 Å². The number of benzene rings is 2. The summed E-state index contributed by atoms with van der Waals surface area (Å²) >= 11 is 5.95. The number of carbonyl (C=O) groups excluding carboxylic acids is 1. The highest BCUT2D eigenvalue weighted by atomic mass is 35.5. The van der Waals surface area contributed by atoms with Gasteiger partial charge in [-0.2, -0.15) is 0 Å². The number of pyridine rings is 1. The van der Waals surface area contributed by atoms with E-state index in [2.05, 4.69) is 10.3 Å². The summed E-state index contributed by atoms with van der Waals surface area (Å²) in [5, 5.41) is 3.70. The molecule has 1 N–H and O–H groups in total. The third kappa shape index (κ3) is 5.26. The van der Waals surface area contributed by atoms with E-state index < -0.39 is 0 Å².